The average molecular weight is 298 g/mol. The molecule has 1 unspecified atom stereocenters. The summed E-state index contributed by atoms with van der Waals surface area (Å²) in [6, 6.07) is -0.442. The van der Waals surface area contributed by atoms with E-state index in [1.54, 1.807) is 24.0 Å². The molecule has 0 aliphatic heterocycles. The molecule has 9 heteroatoms. The zero-order valence-electron chi connectivity index (χ0n) is 11.2. The van der Waals surface area contributed by atoms with Gasteiger partial charge in [0.15, 0.2) is 0 Å². The minimum atomic E-state index is -3.61. The van der Waals surface area contributed by atoms with Crippen LogP contribution in [0.15, 0.2) is 29.7 Å². The number of nitrogens with zero attached hydrogens (tertiary/aromatic N) is 3. The Balaban J connectivity index is 2.08. The summed E-state index contributed by atoms with van der Waals surface area (Å²) >= 11 is 0. The maximum Gasteiger partial charge on any atom is 0.244 e. The number of H-pyrrole nitrogens is 1. The van der Waals surface area contributed by atoms with E-state index in [1.165, 1.54) is 12.4 Å². The number of sulfonamides is 1. The first kappa shape index (κ1) is 14.7. The molecule has 0 spiro atoms. The third kappa shape index (κ3) is 3.44. The maximum atomic E-state index is 12.2. The molecule has 0 saturated carbocycles. The highest BCUT2D eigenvalue weighted by atomic mass is 32.2. The Labute approximate surface area is 117 Å². The van der Waals surface area contributed by atoms with Crippen molar-refractivity contribution in [3.05, 3.63) is 30.6 Å². The van der Waals surface area contributed by atoms with E-state index in [9.17, 15) is 8.42 Å². The van der Waals surface area contributed by atoms with Gasteiger partial charge in [-0.05, 0) is 19.9 Å². The van der Waals surface area contributed by atoms with Gasteiger partial charge >= 0.3 is 0 Å². The van der Waals surface area contributed by atoms with E-state index in [4.69, 9.17) is 5.73 Å². The van der Waals surface area contributed by atoms with E-state index in [0.29, 0.717) is 18.9 Å². The zero-order chi connectivity index (χ0) is 14.6. The summed E-state index contributed by atoms with van der Waals surface area (Å²) in [6.45, 7) is 2.85. The molecule has 0 bridgehead atoms. The van der Waals surface area contributed by atoms with Gasteiger partial charge in [-0.2, -0.15) is 5.10 Å². The predicted octanol–water partition coefficient (Wildman–Crippen LogP) is -0.00550. The molecule has 0 fully saturated rings. The minimum Gasteiger partial charge on any atom is -0.347 e. The van der Waals surface area contributed by atoms with Gasteiger partial charge in [0.25, 0.3) is 0 Å². The number of aryl methyl sites for hydroxylation is 1. The molecular weight excluding hydrogens is 280 g/mol. The summed E-state index contributed by atoms with van der Waals surface area (Å²) in [7, 11) is -3.61. The van der Waals surface area contributed by atoms with Crippen LogP contribution in [0.3, 0.4) is 0 Å². The van der Waals surface area contributed by atoms with Crippen LogP contribution in [0.1, 0.15) is 25.2 Å². The fourth-order valence-corrected chi connectivity index (χ4v) is 2.89. The number of aromatic nitrogens is 4. The van der Waals surface area contributed by atoms with E-state index in [0.717, 1.165) is 6.42 Å². The third-order valence-corrected chi connectivity index (χ3v) is 4.27. The van der Waals surface area contributed by atoms with Gasteiger partial charge in [-0.3, -0.25) is 4.68 Å². The molecule has 2 rings (SSSR count). The molecule has 1 atom stereocenters. The maximum absolute atomic E-state index is 12.2. The molecule has 110 valence electrons. The number of nitrogens with two attached hydrogens (primary N) is 1. The van der Waals surface area contributed by atoms with Crippen molar-refractivity contribution in [1.29, 1.82) is 0 Å². The average Bonchev–Trinajstić information content (AvgIpc) is 3.07. The summed E-state index contributed by atoms with van der Waals surface area (Å²) in [6.07, 6.45) is 6.79. The number of nitrogens with one attached hydrogen (secondary N) is 2. The quantitative estimate of drug-likeness (QED) is 0.664. The van der Waals surface area contributed by atoms with Crippen LogP contribution in [0.5, 0.6) is 0 Å². The van der Waals surface area contributed by atoms with Crippen molar-refractivity contribution in [2.45, 2.75) is 30.8 Å². The first-order valence-corrected chi connectivity index (χ1v) is 7.75. The van der Waals surface area contributed by atoms with Crippen LogP contribution in [0.25, 0.3) is 0 Å². The molecule has 2 aromatic rings. The second-order valence-corrected chi connectivity index (χ2v) is 6.11. The molecule has 0 saturated heterocycles. The van der Waals surface area contributed by atoms with Gasteiger partial charge < -0.3 is 10.7 Å². The van der Waals surface area contributed by atoms with Crippen LogP contribution in [0.4, 0.5) is 0 Å². The molecular formula is C11H18N6O2S. The molecule has 0 aromatic carbocycles. The predicted molar refractivity (Wildman–Crippen MR) is 73.2 cm³/mol. The van der Waals surface area contributed by atoms with E-state index in [2.05, 4.69) is 19.8 Å². The normalized spacial score (nSPS) is 13.5. The number of imidazole rings is 1. The number of aromatic amines is 1. The Bertz CT molecular complexity index is 634. The monoisotopic (exact) mass is 298 g/mol. The van der Waals surface area contributed by atoms with Gasteiger partial charge in [0.1, 0.15) is 10.7 Å². The summed E-state index contributed by atoms with van der Waals surface area (Å²) in [5.74, 6) is 0.559. The molecule has 0 aliphatic carbocycles. The number of hydrogen-bond acceptors (Lipinski definition) is 5. The third-order valence-electron chi connectivity index (χ3n) is 2.77. The van der Waals surface area contributed by atoms with Crippen molar-refractivity contribution in [2.24, 2.45) is 5.73 Å². The van der Waals surface area contributed by atoms with Gasteiger partial charge in [-0.1, -0.05) is 0 Å². The van der Waals surface area contributed by atoms with Gasteiger partial charge in [-0.25, -0.2) is 18.1 Å². The summed E-state index contributed by atoms with van der Waals surface area (Å²) in [5, 5.41) is 4.01. The van der Waals surface area contributed by atoms with Crippen LogP contribution >= 0.6 is 0 Å². The topological polar surface area (TPSA) is 119 Å². The molecule has 0 amide bonds. The highest BCUT2D eigenvalue weighted by molar-refractivity contribution is 7.89. The Hall–Kier alpha value is -1.71. The van der Waals surface area contributed by atoms with Crippen LogP contribution in [0, 0.1) is 0 Å². The molecule has 8 nitrogen and oxygen atoms in total. The first-order valence-electron chi connectivity index (χ1n) is 6.27. The van der Waals surface area contributed by atoms with E-state index in [-0.39, 0.29) is 4.90 Å². The van der Waals surface area contributed by atoms with E-state index >= 15 is 0 Å². The Morgan fingerprint density at radius 2 is 2.35 bits per heavy atom. The van der Waals surface area contributed by atoms with E-state index in [1.807, 2.05) is 0 Å². The smallest absolute Gasteiger partial charge is 0.244 e. The van der Waals surface area contributed by atoms with Gasteiger partial charge in [0.2, 0.25) is 10.0 Å². The first-order chi connectivity index (χ1) is 9.53. The standard InChI is InChI=1S/C11H18N6O2S/c1-9(11-13-4-5-14-11)16-20(18,19)10-7-15-17(8-10)6-2-3-12/h4-5,7-9,16H,2-3,6,12H2,1H3,(H,13,14). The second-order valence-electron chi connectivity index (χ2n) is 4.40. The molecule has 20 heavy (non-hydrogen) atoms. The highest BCUT2D eigenvalue weighted by Crippen LogP contribution is 2.13. The lowest BCUT2D eigenvalue weighted by atomic mass is 10.3. The summed E-state index contributed by atoms with van der Waals surface area (Å²) in [4.78, 5) is 7.03. The second kappa shape index (κ2) is 6.16. The fraction of sp³-hybridized carbons (Fsp3) is 0.455. The summed E-state index contributed by atoms with van der Waals surface area (Å²) in [5.41, 5.74) is 5.41. The molecule has 2 aromatic heterocycles. The Kier molecular flexibility index (Phi) is 4.53. The van der Waals surface area contributed by atoms with Gasteiger partial charge in [0, 0.05) is 25.1 Å². The number of hydrogen-bond donors (Lipinski definition) is 3. The molecule has 4 N–H and O–H groups in total. The zero-order valence-corrected chi connectivity index (χ0v) is 12.0. The van der Waals surface area contributed by atoms with Crippen molar-refractivity contribution in [2.75, 3.05) is 6.54 Å². The minimum absolute atomic E-state index is 0.132. The van der Waals surface area contributed by atoms with Crippen molar-refractivity contribution in [1.82, 2.24) is 24.5 Å². The number of rotatable bonds is 7. The highest BCUT2D eigenvalue weighted by Gasteiger charge is 2.21. The lowest BCUT2D eigenvalue weighted by Crippen LogP contribution is -2.27. The largest absolute Gasteiger partial charge is 0.347 e. The van der Waals surface area contributed by atoms with Crippen molar-refractivity contribution >= 4 is 10.0 Å². The van der Waals surface area contributed by atoms with E-state index < -0.39 is 16.1 Å². The molecule has 0 radical (unpaired) electrons. The van der Waals surface area contributed by atoms with Crippen LogP contribution < -0.4 is 10.5 Å². The fourth-order valence-electron chi connectivity index (χ4n) is 1.73. The Morgan fingerprint density at radius 1 is 1.55 bits per heavy atom. The van der Waals surface area contributed by atoms with Crippen LogP contribution in [-0.4, -0.2) is 34.7 Å². The lowest BCUT2D eigenvalue weighted by molar-refractivity contribution is 0.559. The van der Waals surface area contributed by atoms with Crippen LogP contribution in [-0.2, 0) is 16.6 Å². The van der Waals surface area contributed by atoms with Gasteiger partial charge in [0.05, 0.1) is 12.2 Å². The van der Waals surface area contributed by atoms with Crippen molar-refractivity contribution < 1.29 is 8.42 Å². The summed E-state index contributed by atoms with van der Waals surface area (Å²) < 4.78 is 28.5. The van der Waals surface area contributed by atoms with Crippen LogP contribution in [0.2, 0.25) is 0 Å². The van der Waals surface area contributed by atoms with Crippen molar-refractivity contribution in [3.8, 4) is 0 Å². The molecule has 2 heterocycles. The lowest BCUT2D eigenvalue weighted by Gasteiger charge is -2.10. The van der Waals surface area contributed by atoms with Crippen molar-refractivity contribution in [3.63, 3.8) is 0 Å². The molecule has 0 aliphatic rings. The van der Waals surface area contributed by atoms with Gasteiger partial charge in [-0.15, -0.1) is 0 Å². The Morgan fingerprint density at radius 3 is 3.00 bits per heavy atom. The SMILES string of the molecule is CC(NS(=O)(=O)c1cnn(CCCN)c1)c1ncc[nH]1.